The number of rotatable bonds is 7. The van der Waals surface area contributed by atoms with E-state index >= 15 is 0 Å². The molecular formula is C14H19FO. The second-order valence-corrected chi connectivity index (χ2v) is 3.92. The highest BCUT2D eigenvalue weighted by Gasteiger charge is 2.02. The summed E-state index contributed by atoms with van der Waals surface area (Å²) in [6.45, 7) is 6.17. The third-order valence-corrected chi connectivity index (χ3v) is 2.40. The Morgan fingerprint density at radius 3 is 2.88 bits per heavy atom. The summed E-state index contributed by atoms with van der Waals surface area (Å²) in [6.07, 6.45) is 6.14. The summed E-state index contributed by atoms with van der Waals surface area (Å²) >= 11 is 0. The fourth-order valence-corrected chi connectivity index (χ4v) is 1.47. The highest BCUT2D eigenvalue weighted by molar-refractivity contribution is 5.29. The molecule has 0 saturated carbocycles. The van der Waals surface area contributed by atoms with E-state index in [1.165, 1.54) is 6.07 Å². The van der Waals surface area contributed by atoms with Crippen LogP contribution in [-0.2, 0) is 0 Å². The molecule has 0 atom stereocenters. The maximum Gasteiger partial charge on any atom is 0.165 e. The molecule has 0 heterocycles. The molecular weight excluding hydrogens is 203 g/mol. The fraction of sp³-hybridized carbons (Fsp3) is 0.429. The van der Waals surface area contributed by atoms with E-state index in [0.717, 1.165) is 31.2 Å². The Hall–Kier alpha value is -1.31. The van der Waals surface area contributed by atoms with Crippen molar-refractivity contribution in [2.24, 2.45) is 0 Å². The SMILES string of the molecule is C=CCCCCCOc1cc(C)ccc1F. The van der Waals surface area contributed by atoms with E-state index in [4.69, 9.17) is 4.74 Å². The van der Waals surface area contributed by atoms with E-state index in [1.807, 2.05) is 13.0 Å². The zero-order chi connectivity index (χ0) is 11.8. The highest BCUT2D eigenvalue weighted by Crippen LogP contribution is 2.18. The van der Waals surface area contributed by atoms with E-state index in [-0.39, 0.29) is 5.82 Å². The first-order valence-corrected chi connectivity index (χ1v) is 5.74. The third kappa shape index (κ3) is 4.47. The van der Waals surface area contributed by atoms with Gasteiger partial charge in [0.1, 0.15) is 0 Å². The van der Waals surface area contributed by atoms with Crippen LogP contribution >= 0.6 is 0 Å². The van der Waals surface area contributed by atoms with Crippen molar-refractivity contribution in [1.29, 1.82) is 0 Å². The Morgan fingerprint density at radius 1 is 1.31 bits per heavy atom. The molecule has 0 aromatic heterocycles. The molecule has 0 aliphatic rings. The molecule has 1 aromatic rings. The summed E-state index contributed by atoms with van der Waals surface area (Å²) in [6, 6.07) is 4.92. The number of ether oxygens (including phenoxy) is 1. The van der Waals surface area contributed by atoms with Crippen molar-refractivity contribution in [3.05, 3.63) is 42.2 Å². The summed E-state index contributed by atoms with van der Waals surface area (Å²) in [5.74, 6) is 0.0837. The van der Waals surface area contributed by atoms with Gasteiger partial charge in [0.2, 0.25) is 0 Å². The fourth-order valence-electron chi connectivity index (χ4n) is 1.47. The zero-order valence-electron chi connectivity index (χ0n) is 9.84. The number of aryl methyl sites for hydroxylation is 1. The van der Waals surface area contributed by atoms with Crippen LogP contribution in [0.2, 0.25) is 0 Å². The van der Waals surface area contributed by atoms with Gasteiger partial charge in [-0.1, -0.05) is 12.1 Å². The van der Waals surface area contributed by atoms with Crippen LogP contribution in [0.5, 0.6) is 5.75 Å². The molecule has 0 fully saturated rings. The van der Waals surface area contributed by atoms with Crippen molar-refractivity contribution < 1.29 is 9.13 Å². The number of benzene rings is 1. The predicted molar refractivity (Wildman–Crippen MR) is 65.3 cm³/mol. The maximum atomic E-state index is 13.3. The van der Waals surface area contributed by atoms with Gasteiger partial charge in [0.05, 0.1) is 6.61 Å². The molecule has 1 aromatic carbocycles. The van der Waals surface area contributed by atoms with Gasteiger partial charge in [0.15, 0.2) is 11.6 Å². The molecule has 0 aliphatic carbocycles. The minimum atomic E-state index is -0.281. The molecule has 0 N–H and O–H groups in total. The lowest BCUT2D eigenvalue weighted by molar-refractivity contribution is 0.290. The van der Waals surface area contributed by atoms with Crippen LogP contribution in [-0.4, -0.2) is 6.61 Å². The third-order valence-electron chi connectivity index (χ3n) is 2.40. The topological polar surface area (TPSA) is 9.23 Å². The molecule has 1 rings (SSSR count). The highest BCUT2D eigenvalue weighted by atomic mass is 19.1. The average molecular weight is 222 g/mol. The summed E-state index contributed by atoms with van der Waals surface area (Å²) < 4.78 is 18.7. The van der Waals surface area contributed by atoms with Crippen LogP contribution in [0, 0.1) is 12.7 Å². The molecule has 0 saturated heterocycles. The van der Waals surface area contributed by atoms with Gasteiger partial charge in [0, 0.05) is 0 Å². The Kier molecular flexibility index (Phi) is 5.62. The first-order valence-electron chi connectivity index (χ1n) is 5.74. The van der Waals surface area contributed by atoms with Crippen molar-refractivity contribution in [3.63, 3.8) is 0 Å². The van der Waals surface area contributed by atoms with Gasteiger partial charge in [0.25, 0.3) is 0 Å². The maximum absolute atomic E-state index is 13.3. The van der Waals surface area contributed by atoms with Gasteiger partial charge in [-0.15, -0.1) is 6.58 Å². The quantitative estimate of drug-likeness (QED) is 0.495. The lowest BCUT2D eigenvalue weighted by Crippen LogP contribution is -1.99. The minimum absolute atomic E-state index is 0.281. The van der Waals surface area contributed by atoms with Crippen LogP contribution in [0.3, 0.4) is 0 Å². The van der Waals surface area contributed by atoms with Crippen molar-refractivity contribution in [3.8, 4) is 5.75 Å². The van der Waals surface area contributed by atoms with Crippen LogP contribution < -0.4 is 4.74 Å². The van der Waals surface area contributed by atoms with Gasteiger partial charge in [-0.3, -0.25) is 0 Å². The minimum Gasteiger partial charge on any atom is -0.491 e. The molecule has 16 heavy (non-hydrogen) atoms. The summed E-state index contributed by atoms with van der Waals surface area (Å²) in [4.78, 5) is 0. The zero-order valence-corrected chi connectivity index (χ0v) is 9.84. The first kappa shape index (κ1) is 12.8. The summed E-state index contributed by atoms with van der Waals surface area (Å²) in [7, 11) is 0. The Balaban J connectivity index is 2.26. The molecule has 0 bridgehead atoms. The predicted octanol–water partition coefficient (Wildman–Crippen LogP) is 4.26. The number of hydrogen-bond acceptors (Lipinski definition) is 1. The monoisotopic (exact) mass is 222 g/mol. The smallest absolute Gasteiger partial charge is 0.165 e. The lowest BCUT2D eigenvalue weighted by Gasteiger charge is -2.07. The lowest BCUT2D eigenvalue weighted by atomic mass is 10.2. The Labute approximate surface area is 96.9 Å². The molecule has 2 heteroatoms. The van der Waals surface area contributed by atoms with E-state index in [1.54, 1.807) is 12.1 Å². The van der Waals surface area contributed by atoms with Gasteiger partial charge < -0.3 is 4.74 Å². The summed E-state index contributed by atoms with van der Waals surface area (Å²) in [5.41, 5.74) is 1.02. The number of allylic oxidation sites excluding steroid dienone is 1. The van der Waals surface area contributed by atoms with Crippen molar-refractivity contribution in [2.45, 2.75) is 32.6 Å². The molecule has 1 nitrogen and oxygen atoms in total. The van der Waals surface area contributed by atoms with Crippen LogP contribution in [0.15, 0.2) is 30.9 Å². The van der Waals surface area contributed by atoms with Crippen molar-refractivity contribution >= 4 is 0 Å². The Bertz CT molecular complexity index is 334. The average Bonchev–Trinajstić information content (AvgIpc) is 2.28. The first-order chi connectivity index (χ1) is 7.74. The summed E-state index contributed by atoms with van der Waals surface area (Å²) in [5, 5.41) is 0. The van der Waals surface area contributed by atoms with E-state index in [9.17, 15) is 4.39 Å². The number of unbranched alkanes of at least 4 members (excludes halogenated alkanes) is 3. The number of halogens is 1. The van der Waals surface area contributed by atoms with Crippen LogP contribution in [0.25, 0.3) is 0 Å². The van der Waals surface area contributed by atoms with Gasteiger partial charge in [-0.05, 0) is 50.3 Å². The van der Waals surface area contributed by atoms with Gasteiger partial charge >= 0.3 is 0 Å². The molecule has 0 unspecified atom stereocenters. The van der Waals surface area contributed by atoms with E-state index in [2.05, 4.69) is 6.58 Å². The van der Waals surface area contributed by atoms with Crippen LogP contribution in [0.1, 0.15) is 31.2 Å². The van der Waals surface area contributed by atoms with Crippen LogP contribution in [0.4, 0.5) is 4.39 Å². The normalized spacial score (nSPS) is 10.1. The van der Waals surface area contributed by atoms with Crippen molar-refractivity contribution in [2.75, 3.05) is 6.61 Å². The molecule has 88 valence electrons. The number of hydrogen-bond donors (Lipinski definition) is 0. The molecule has 0 amide bonds. The molecule has 0 aliphatic heterocycles. The molecule has 0 spiro atoms. The van der Waals surface area contributed by atoms with E-state index in [0.29, 0.717) is 12.4 Å². The van der Waals surface area contributed by atoms with Crippen molar-refractivity contribution in [1.82, 2.24) is 0 Å². The van der Waals surface area contributed by atoms with E-state index < -0.39 is 0 Å². The largest absolute Gasteiger partial charge is 0.491 e. The molecule has 0 radical (unpaired) electrons. The second kappa shape index (κ2) is 7.04. The second-order valence-electron chi connectivity index (χ2n) is 3.92. The standard InChI is InChI=1S/C14H19FO/c1-3-4-5-6-7-10-16-14-11-12(2)8-9-13(14)15/h3,8-9,11H,1,4-7,10H2,2H3. The Morgan fingerprint density at radius 2 is 2.12 bits per heavy atom. The van der Waals surface area contributed by atoms with Gasteiger partial charge in [-0.25, -0.2) is 4.39 Å². The van der Waals surface area contributed by atoms with Gasteiger partial charge in [-0.2, -0.15) is 0 Å².